The van der Waals surface area contributed by atoms with Gasteiger partial charge in [-0.1, -0.05) is 20.8 Å². The van der Waals surface area contributed by atoms with Crippen molar-refractivity contribution in [1.29, 1.82) is 0 Å². The maximum absolute atomic E-state index is 10.6. The van der Waals surface area contributed by atoms with Crippen LogP contribution in [0.15, 0.2) is 12.0 Å². The van der Waals surface area contributed by atoms with Crippen LogP contribution in [-0.2, 0) is 0 Å². The van der Waals surface area contributed by atoms with Gasteiger partial charge in [-0.25, -0.2) is 5.88 Å². The van der Waals surface area contributed by atoms with Crippen LogP contribution in [0.4, 0.5) is 0 Å². The summed E-state index contributed by atoms with van der Waals surface area (Å²) in [5, 5.41) is 14.4. The standard InChI is InChI=1S/C7H14NO/c1-5-6(9)8-7(2,3)4/h5,9H,1-4H3/q-1/p-1. The Balaban J connectivity index is 3.75. The molecule has 0 amide bonds. The van der Waals surface area contributed by atoms with Crippen molar-refractivity contribution >= 4 is 0 Å². The molecule has 0 aliphatic carbocycles. The monoisotopic (exact) mass is 127 g/mol. The first-order chi connectivity index (χ1) is 3.95. The van der Waals surface area contributed by atoms with E-state index in [-0.39, 0.29) is 11.4 Å². The quantitative estimate of drug-likeness (QED) is 0.490. The Labute approximate surface area is 56.6 Å². The first-order valence-electron chi connectivity index (χ1n) is 3.02. The molecule has 0 aliphatic heterocycles. The van der Waals surface area contributed by atoms with Gasteiger partial charge in [-0.15, -0.1) is 11.6 Å². The van der Waals surface area contributed by atoms with E-state index in [4.69, 9.17) is 0 Å². The summed E-state index contributed by atoms with van der Waals surface area (Å²) in [6, 6.07) is 0. The normalized spacial score (nSPS) is 13.6. The summed E-state index contributed by atoms with van der Waals surface area (Å²) in [7, 11) is 0. The summed E-state index contributed by atoms with van der Waals surface area (Å²) in [6.45, 7) is 7.38. The van der Waals surface area contributed by atoms with Gasteiger partial charge in [-0.05, 0) is 6.92 Å². The van der Waals surface area contributed by atoms with E-state index in [9.17, 15) is 5.11 Å². The van der Waals surface area contributed by atoms with Gasteiger partial charge in [0, 0.05) is 0 Å². The molecule has 0 N–H and O–H groups in total. The highest BCUT2D eigenvalue weighted by atomic mass is 16.3. The van der Waals surface area contributed by atoms with Crippen LogP contribution in [0.1, 0.15) is 27.7 Å². The zero-order valence-electron chi connectivity index (χ0n) is 6.43. The molecule has 0 atom stereocenters. The first kappa shape index (κ1) is 8.34. The lowest BCUT2D eigenvalue weighted by atomic mass is 10.1. The molecule has 0 saturated heterocycles. The molecule has 0 aromatic heterocycles. The van der Waals surface area contributed by atoms with Gasteiger partial charge < -0.3 is 10.4 Å². The summed E-state index contributed by atoms with van der Waals surface area (Å²) in [6.07, 6.45) is 1.46. The zero-order valence-corrected chi connectivity index (χ0v) is 6.43. The smallest absolute Gasteiger partial charge is 0.0491 e. The lowest BCUT2D eigenvalue weighted by Gasteiger charge is -2.43. The molecule has 0 radical (unpaired) electrons. The summed E-state index contributed by atoms with van der Waals surface area (Å²) in [5.74, 6) is -0.137. The molecular formula is C7H13NO-2. The molecule has 0 heterocycles. The molecule has 2 nitrogen and oxygen atoms in total. The molecule has 9 heavy (non-hydrogen) atoms. The lowest BCUT2D eigenvalue weighted by Crippen LogP contribution is -2.17. The lowest BCUT2D eigenvalue weighted by molar-refractivity contribution is -0.298. The Morgan fingerprint density at radius 3 is 2.00 bits per heavy atom. The third-order valence-electron chi connectivity index (χ3n) is 0.693. The Morgan fingerprint density at radius 2 is 1.89 bits per heavy atom. The first-order valence-corrected chi connectivity index (χ1v) is 3.02. The van der Waals surface area contributed by atoms with Crippen molar-refractivity contribution in [3.8, 4) is 0 Å². The van der Waals surface area contributed by atoms with E-state index in [1.165, 1.54) is 6.08 Å². The van der Waals surface area contributed by atoms with Gasteiger partial charge in [0.15, 0.2) is 0 Å². The van der Waals surface area contributed by atoms with Gasteiger partial charge in [-0.2, -0.15) is 0 Å². The second kappa shape index (κ2) is 2.76. The van der Waals surface area contributed by atoms with Crippen LogP contribution in [0, 0.1) is 0 Å². The Morgan fingerprint density at radius 1 is 1.44 bits per heavy atom. The summed E-state index contributed by atoms with van der Waals surface area (Å²) >= 11 is 0. The van der Waals surface area contributed by atoms with Crippen LogP contribution in [0.25, 0.3) is 5.32 Å². The number of hydrogen-bond donors (Lipinski definition) is 0. The average molecular weight is 127 g/mol. The third-order valence-corrected chi connectivity index (χ3v) is 0.693. The summed E-state index contributed by atoms with van der Waals surface area (Å²) < 4.78 is 0. The number of nitrogens with zero attached hydrogens (tertiary/aromatic N) is 1. The maximum atomic E-state index is 10.6. The Bertz CT molecular complexity index is 111. The summed E-state index contributed by atoms with van der Waals surface area (Å²) in [5.41, 5.74) is -0.233. The van der Waals surface area contributed by atoms with Crippen molar-refractivity contribution in [3.05, 3.63) is 17.3 Å². The van der Waals surface area contributed by atoms with Crippen molar-refractivity contribution in [1.82, 2.24) is 0 Å². The SMILES string of the molecule is CC=C([O-])[N-]C(C)(C)C. The number of hydrogen-bond acceptors (Lipinski definition) is 1. The van der Waals surface area contributed by atoms with Gasteiger partial charge in [0.25, 0.3) is 0 Å². The van der Waals surface area contributed by atoms with E-state index in [1.54, 1.807) is 6.92 Å². The van der Waals surface area contributed by atoms with E-state index >= 15 is 0 Å². The fourth-order valence-electron chi connectivity index (χ4n) is 0.395. The Kier molecular flexibility index (Phi) is 2.56. The van der Waals surface area contributed by atoms with E-state index < -0.39 is 0 Å². The molecular weight excluding hydrogens is 114 g/mol. The molecule has 0 aliphatic rings. The van der Waals surface area contributed by atoms with Crippen molar-refractivity contribution in [3.63, 3.8) is 0 Å². The minimum absolute atomic E-state index is 0.137. The maximum Gasteiger partial charge on any atom is -0.0491 e. The van der Waals surface area contributed by atoms with Crippen molar-refractivity contribution < 1.29 is 5.11 Å². The number of allylic oxidation sites excluding steroid dienone is 1. The molecule has 54 valence electrons. The minimum atomic E-state index is -0.233. The predicted molar refractivity (Wildman–Crippen MR) is 36.9 cm³/mol. The molecule has 0 rings (SSSR count). The highest BCUT2D eigenvalue weighted by Gasteiger charge is 1.92. The van der Waals surface area contributed by atoms with Crippen molar-refractivity contribution in [2.45, 2.75) is 33.2 Å². The van der Waals surface area contributed by atoms with Crippen LogP contribution < -0.4 is 5.11 Å². The second-order valence-corrected chi connectivity index (χ2v) is 2.91. The topological polar surface area (TPSA) is 37.2 Å². The van der Waals surface area contributed by atoms with E-state index in [1.807, 2.05) is 20.8 Å². The highest BCUT2D eigenvalue weighted by Crippen LogP contribution is 2.16. The van der Waals surface area contributed by atoms with Crippen LogP contribution in [-0.4, -0.2) is 5.54 Å². The van der Waals surface area contributed by atoms with E-state index in [2.05, 4.69) is 5.32 Å². The fourth-order valence-corrected chi connectivity index (χ4v) is 0.395. The zero-order chi connectivity index (χ0) is 7.49. The molecule has 0 spiro atoms. The molecule has 0 aromatic carbocycles. The van der Waals surface area contributed by atoms with Crippen molar-refractivity contribution in [2.75, 3.05) is 0 Å². The van der Waals surface area contributed by atoms with Crippen LogP contribution in [0.5, 0.6) is 0 Å². The fraction of sp³-hybridized carbons (Fsp3) is 0.714. The molecule has 0 bridgehead atoms. The molecule has 0 unspecified atom stereocenters. The summed E-state index contributed by atoms with van der Waals surface area (Å²) in [4.78, 5) is 0. The highest BCUT2D eigenvalue weighted by molar-refractivity contribution is 5.14. The van der Waals surface area contributed by atoms with E-state index in [0.29, 0.717) is 0 Å². The van der Waals surface area contributed by atoms with Gasteiger partial charge in [0.2, 0.25) is 0 Å². The minimum Gasteiger partial charge on any atom is -0.889 e. The van der Waals surface area contributed by atoms with Gasteiger partial charge in [-0.3, -0.25) is 0 Å². The van der Waals surface area contributed by atoms with Gasteiger partial charge in [0.05, 0.1) is 0 Å². The van der Waals surface area contributed by atoms with Gasteiger partial charge in [0.1, 0.15) is 0 Å². The van der Waals surface area contributed by atoms with Crippen molar-refractivity contribution in [2.24, 2.45) is 0 Å². The largest absolute Gasteiger partial charge is 0.889 e. The van der Waals surface area contributed by atoms with E-state index in [0.717, 1.165) is 0 Å². The molecule has 0 fully saturated rings. The molecule has 0 saturated carbocycles. The Hall–Kier alpha value is -0.660. The number of rotatable bonds is 1. The average Bonchev–Trinajstić information content (AvgIpc) is 1.62. The molecule has 2 heteroatoms. The van der Waals surface area contributed by atoms with Crippen LogP contribution in [0.3, 0.4) is 0 Å². The predicted octanol–water partition coefficient (Wildman–Crippen LogP) is 1.38. The van der Waals surface area contributed by atoms with Gasteiger partial charge >= 0.3 is 0 Å². The van der Waals surface area contributed by atoms with Crippen LogP contribution >= 0.6 is 0 Å². The van der Waals surface area contributed by atoms with Crippen LogP contribution in [0.2, 0.25) is 0 Å². The second-order valence-electron chi connectivity index (χ2n) is 2.91. The molecule has 0 aromatic rings. The third kappa shape index (κ3) is 5.21.